The van der Waals surface area contributed by atoms with E-state index in [1.165, 1.54) is 61.3 Å². The van der Waals surface area contributed by atoms with Gasteiger partial charge in [0.05, 0.1) is 0 Å². The molecular formula is C71H70BN3O. The zero-order valence-corrected chi connectivity index (χ0v) is 46.7. The Morgan fingerprint density at radius 1 is 0.368 bits per heavy atom. The fraction of sp³-hybridized carbons (Fsp3) is 0.239. The molecule has 0 N–H and O–H groups in total. The van der Waals surface area contributed by atoms with Gasteiger partial charge in [-0.05, 0) is 181 Å². The molecule has 378 valence electrons. The maximum atomic E-state index is 6.32. The van der Waals surface area contributed by atoms with Crippen LogP contribution in [-0.4, -0.2) is 6.71 Å². The Kier molecular flexibility index (Phi) is 11.4. The molecule has 0 fully saturated rings. The van der Waals surface area contributed by atoms with Gasteiger partial charge in [0.1, 0.15) is 11.2 Å². The number of aryl methyl sites for hydroxylation is 1. The number of furan rings is 1. The number of benzene rings is 9. The molecule has 0 aliphatic carbocycles. The number of hydrogen-bond donors (Lipinski definition) is 0. The maximum Gasteiger partial charge on any atom is 0.252 e. The molecule has 5 heteroatoms. The molecule has 0 bridgehead atoms. The number of para-hydroxylation sites is 1. The molecule has 0 saturated heterocycles. The summed E-state index contributed by atoms with van der Waals surface area (Å²) in [6, 6.07) is 71.3. The second-order valence-electron chi connectivity index (χ2n) is 25.7. The normalized spacial score (nSPS) is 13.5. The summed E-state index contributed by atoms with van der Waals surface area (Å²) in [6.07, 6.45) is 0. The highest BCUT2D eigenvalue weighted by Gasteiger charge is 2.44. The Bertz CT molecular complexity index is 3820. The van der Waals surface area contributed by atoms with E-state index in [0.29, 0.717) is 0 Å². The van der Waals surface area contributed by atoms with E-state index in [4.69, 9.17) is 4.42 Å². The van der Waals surface area contributed by atoms with Crippen LogP contribution in [0.25, 0.3) is 33.1 Å². The highest BCUT2D eigenvalue weighted by Crippen LogP contribution is 2.48. The van der Waals surface area contributed by atoms with Crippen molar-refractivity contribution in [1.82, 2.24) is 0 Å². The second kappa shape index (κ2) is 17.7. The minimum absolute atomic E-state index is 0.0234. The Balaban J connectivity index is 1.12. The molecule has 76 heavy (non-hydrogen) atoms. The van der Waals surface area contributed by atoms with Crippen LogP contribution in [0.5, 0.6) is 0 Å². The molecule has 4 nitrogen and oxygen atoms in total. The Hall–Kier alpha value is -7.76. The average Bonchev–Trinajstić information content (AvgIpc) is 3.84. The predicted octanol–water partition coefficient (Wildman–Crippen LogP) is 18.3. The third kappa shape index (κ3) is 8.49. The van der Waals surface area contributed by atoms with Gasteiger partial charge < -0.3 is 19.1 Å². The van der Waals surface area contributed by atoms with Crippen LogP contribution in [0.2, 0.25) is 0 Å². The van der Waals surface area contributed by atoms with Crippen molar-refractivity contribution in [3.63, 3.8) is 0 Å². The van der Waals surface area contributed by atoms with Gasteiger partial charge in [0.2, 0.25) is 0 Å². The van der Waals surface area contributed by atoms with Crippen molar-refractivity contribution in [1.29, 1.82) is 0 Å². The van der Waals surface area contributed by atoms with Crippen LogP contribution in [0.15, 0.2) is 192 Å². The molecule has 0 spiro atoms. The third-order valence-electron chi connectivity index (χ3n) is 16.1. The van der Waals surface area contributed by atoms with Crippen LogP contribution in [0, 0.1) is 6.92 Å². The minimum Gasteiger partial charge on any atom is -0.456 e. The zero-order chi connectivity index (χ0) is 53.2. The van der Waals surface area contributed by atoms with Gasteiger partial charge in [0, 0.05) is 62.0 Å². The molecule has 0 radical (unpaired) electrons. The quantitative estimate of drug-likeness (QED) is 0.155. The van der Waals surface area contributed by atoms with Gasteiger partial charge in [-0.15, -0.1) is 0 Å². The summed E-state index contributed by atoms with van der Waals surface area (Å²) >= 11 is 0. The first-order chi connectivity index (χ1) is 36.1. The Labute approximate surface area is 451 Å². The smallest absolute Gasteiger partial charge is 0.252 e. The summed E-state index contributed by atoms with van der Waals surface area (Å²) in [5.74, 6) is 0. The highest BCUT2D eigenvalue weighted by atomic mass is 16.3. The van der Waals surface area contributed by atoms with Gasteiger partial charge in [0.15, 0.2) is 0 Å². The van der Waals surface area contributed by atoms with Crippen molar-refractivity contribution >= 4 is 96.2 Å². The van der Waals surface area contributed by atoms with Crippen LogP contribution >= 0.6 is 0 Å². The average molecular weight is 992 g/mol. The molecule has 12 rings (SSSR count). The molecule has 0 atom stereocenters. The third-order valence-corrected chi connectivity index (χ3v) is 16.1. The van der Waals surface area contributed by atoms with Gasteiger partial charge in [-0.1, -0.05) is 174 Å². The summed E-state index contributed by atoms with van der Waals surface area (Å²) < 4.78 is 6.32. The molecule has 9 aromatic carbocycles. The van der Waals surface area contributed by atoms with E-state index in [9.17, 15) is 0 Å². The van der Waals surface area contributed by atoms with Crippen molar-refractivity contribution in [3.8, 4) is 11.1 Å². The molecule has 2 aliphatic rings. The highest BCUT2D eigenvalue weighted by molar-refractivity contribution is 7.00. The zero-order valence-electron chi connectivity index (χ0n) is 46.7. The van der Waals surface area contributed by atoms with Gasteiger partial charge in [-0.2, -0.15) is 0 Å². The van der Waals surface area contributed by atoms with E-state index < -0.39 is 0 Å². The van der Waals surface area contributed by atoms with E-state index in [0.717, 1.165) is 67.2 Å². The van der Waals surface area contributed by atoms with Crippen LogP contribution in [0.1, 0.15) is 111 Å². The lowest BCUT2D eigenvalue weighted by molar-refractivity contribution is 0.590. The molecule has 0 unspecified atom stereocenters. The van der Waals surface area contributed by atoms with Crippen molar-refractivity contribution < 1.29 is 4.42 Å². The lowest BCUT2D eigenvalue weighted by Gasteiger charge is -2.45. The molecule has 10 aromatic rings. The van der Waals surface area contributed by atoms with E-state index >= 15 is 0 Å². The lowest BCUT2D eigenvalue weighted by atomic mass is 9.33. The number of hydrogen-bond acceptors (Lipinski definition) is 4. The Morgan fingerprint density at radius 2 is 0.895 bits per heavy atom. The van der Waals surface area contributed by atoms with Crippen molar-refractivity contribution in [2.75, 3.05) is 14.7 Å². The van der Waals surface area contributed by atoms with Gasteiger partial charge in [0.25, 0.3) is 6.71 Å². The molecule has 2 aliphatic heterocycles. The molecule has 3 heterocycles. The van der Waals surface area contributed by atoms with Crippen LogP contribution in [-0.2, 0) is 21.7 Å². The number of nitrogens with zero attached hydrogens (tertiary/aromatic N) is 3. The summed E-state index contributed by atoms with van der Waals surface area (Å²) in [4.78, 5) is 7.56. The first-order valence-electron chi connectivity index (χ1n) is 27.3. The molecule has 0 saturated carbocycles. The van der Waals surface area contributed by atoms with E-state index in [-0.39, 0.29) is 28.4 Å². The van der Waals surface area contributed by atoms with Gasteiger partial charge >= 0.3 is 0 Å². The fourth-order valence-corrected chi connectivity index (χ4v) is 11.8. The summed E-state index contributed by atoms with van der Waals surface area (Å²) in [7, 11) is 0. The molecule has 1 aromatic heterocycles. The van der Waals surface area contributed by atoms with Gasteiger partial charge in [-0.25, -0.2) is 0 Å². The lowest BCUT2D eigenvalue weighted by Crippen LogP contribution is -2.61. The fourth-order valence-electron chi connectivity index (χ4n) is 11.8. The second-order valence-corrected chi connectivity index (χ2v) is 25.7. The Morgan fingerprint density at radius 3 is 1.50 bits per heavy atom. The molecule has 0 amide bonds. The molecular weight excluding hydrogens is 922 g/mol. The standard InChI is InChI=1S/C71H70BN3O/c1-45-39-63-67-64(40-45)75(55-18-16-17-46(41-55)47-21-38-66-58(42-47)57-19-14-15-20-65(57)76-66)62-44-56(73(52-29-22-48(23-30-52)68(2,3)4)53-31-24-49(25-32-53)69(5,6)7)35-36-59(62)72(67)60-43-51(71(11,12)13)28-37-61(60)74(63)54-33-26-50(27-34-54)70(8,9)10/h14-44H,1-13H3. The van der Waals surface area contributed by atoms with Crippen molar-refractivity contribution in [2.45, 2.75) is 112 Å². The predicted molar refractivity (Wildman–Crippen MR) is 327 cm³/mol. The number of fused-ring (bicyclic) bond motifs is 7. The van der Waals surface area contributed by atoms with Crippen LogP contribution in [0.3, 0.4) is 0 Å². The summed E-state index contributed by atoms with van der Waals surface area (Å²) in [5, 5.41) is 2.25. The monoisotopic (exact) mass is 992 g/mol. The van der Waals surface area contributed by atoms with E-state index in [2.05, 4.69) is 287 Å². The SMILES string of the molecule is Cc1cc2c3c(c1)N(c1cccc(-c4ccc5oc6ccccc6c5c4)c1)c1cc(N(c4ccc(C(C)(C)C)cc4)c4ccc(C(C)(C)C)cc4)ccc1B3c1cc(C(C)(C)C)ccc1N2c1ccc(C(C)(C)C)cc1. The summed E-state index contributed by atoms with van der Waals surface area (Å²) in [6.45, 7) is 29.8. The number of anilines is 9. The van der Waals surface area contributed by atoms with Crippen LogP contribution in [0.4, 0.5) is 51.2 Å². The van der Waals surface area contributed by atoms with E-state index in [1.807, 2.05) is 6.07 Å². The first kappa shape index (κ1) is 49.1. The summed E-state index contributed by atoms with van der Waals surface area (Å²) in [5.41, 5.74) is 24.9. The topological polar surface area (TPSA) is 22.9 Å². The first-order valence-corrected chi connectivity index (χ1v) is 27.3. The largest absolute Gasteiger partial charge is 0.456 e. The number of rotatable bonds is 6. The van der Waals surface area contributed by atoms with Gasteiger partial charge in [-0.3, -0.25) is 0 Å². The van der Waals surface area contributed by atoms with E-state index in [1.54, 1.807) is 0 Å². The minimum atomic E-state index is -0.0598. The maximum absolute atomic E-state index is 6.32. The van der Waals surface area contributed by atoms with Crippen molar-refractivity contribution in [2.24, 2.45) is 0 Å². The van der Waals surface area contributed by atoms with Crippen molar-refractivity contribution in [3.05, 3.63) is 216 Å². The van der Waals surface area contributed by atoms with Crippen LogP contribution < -0.4 is 31.1 Å².